The molecule has 53 heavy (non-hydrogen) atoms. The van der Waals surface area contributed by atoms with Crippen molar-refractivity contribution in [1.82, 2.24) is 4.31 Å². The van der Waals surface area contributed by atoms with Crippen LogP contribution in [-0.4, -0.2) is 39.4 Å². The molecule has 0 bridgehead atoms. The summed E-state index contributed by atoms with van der Waals surface area (Å²) in [7, 11) is 0. The van der Waals surface area contributed by atoms with Crippen molar-refractivity contribution >= 4 is 57.0 Å². The van der Waals surface area contributed by atoms with E-state index in [0.29, 0.717) is 17.9 Å². The van der Waals surface area contributed by atoms with E-state index in [-0.39, 0.29) is 10.8 Å². The maximum Gasteiger partial charge on any atom is 0.427 e. The zero-order chi connectivity index (χ0) is 38.1. The first-order valence-corrected chi connectivity index (χ1v) is 18.8. The SMILES string of the molecule is CCN1/C(=C/C=C/C(=C/C=C/C2=[N+](CC)c3ccc4ccccc4c3C2(C)C)N(SOO[O-])C(=O)OC(C)(C)C)C(C)(C)c2c1ccc1ccccc21. The van der Waals surface area contributed by atoms with E-state index in [1.807, 2.05) is 24.3 Å². The van der Waals surface area contributed by atoms with Crippen LogP contribution in [-0.2, 0) is 24.9 Å². The van der Waals surface area contributed by atoms with Gasteiger partial charge in [0, 0.05) is 41.1 Å². The minimum Gasteiger partial charge on any atom is -0.691 e. The van der Waals surface area contributed by atoms with Crippen molar-refractivity contribution in [3.8, 4) is 0 Å². The largest absolute Gasteiger partial charge is 0.691 e. The average molecular weight is 732 g/mol. The Bertz CT molecular complexity index is 2210. The molecule has 0 radical (unpaired) electrons. The smallest absolute Gasteiger partial charge is 0.427 e. The van der Waals surface area contributed by atoms with Gasteiger partial charge in [0.25, 0.3) is 0 Å². The molecule has 8 nitrogen and oxygen atoms in total. The summed E-state index contributed by atoms with van der Waals surface area (Å²) in [6, 6.07) is 25.7. The number of likely N-dealkylation sites (N-methyl/N-ethyl adjacent to an activating group) is 1. The number of hydrogen-bond donors (Lipinski definition) is 0. The number of ether oxygens (including phenoxy) is 1. The fraction of sp³-hybridized carbons (Fsp3) is 0.318. The number of fused-ring (bicyclic) bond motifs is 6. The Balaban J connectivity index is 1.42. The second-order valence-corrected chi connectivity index (χ2v) is 16.0. The van der Waals surface area contributed by atoms with Gasteiger partial charge >= 0.3 is 6.09 Å². The highest BCUT2D eigenvalue weighted by Gasteiger charge is 2.45. The van der Waals surface area contributed by atoms with Crippen molar-refractivity contribution in [3.05, 3.63) is 132 Å². The molecule has 9 heteroatoms. The van der Waals surface area contributed by atoms with Gasteiger partial charge in [0.15, 0.2) is 17.9 Å². The molecule has 0 unspecified atom stereocenters. The number of rotatable bonds is 10. The van der Waals surface area contributed by atoms with Crippen molar-refractivity contribution in [2.45, 2.75) is 78.7 Å². The van der Waals surface area contributed by atoms with Crippen molar-refractivity contribution in [3.63, 3.8) is 0 Å². The second kappa shape index (κ2) is 15.0. The van der Waals surface area contributed by atoms with E-state index < -0.39 is 11.7 Å². The number of nitrogens with zero attached hydrogens (tertiary/aromatic N) is 3. The molecule has 0 atom stereocenters. The Hall–Kier alpha value is -4.67. The Kier molecular flexibility index (Phi) is 10.8. The molecule has 0 N–H and O–H groups in total. The van der Waals surface area contributed by atoms with E-state index in [9.17, 15) is 10.1 Å². The third-order valence-electron chi connectivity index (χ3n) is 10.1. The molecular formula is C44H49N3O5S. The number of hydrogen-bond acceptors (Lipinski definition) is 7. The van der Waals surface area contributed by atoms with Crippen LogP contribution in [0.1, 0.15) is 73.4 Å². The molecule has 0 saturated heterocycles. The highest BCUT2D eigenvalue weighted by Crippen LogP contribution is 2.50. The van der Waals surface area contributed by atoms with E-state index in [4.69, 9.17) is 9.07 Å². The molecule has 0 fully saturated rings. The standard InChI is InChI=1S/C44H49N3O5S/c1-10-45-35-28-26-30-18-12-14-22-33(30)39(35)43(6,7)37(45)24-16-20-32(47(53-52-51-49)41(48)50-42(3,4)5)21-17-25-38-44(8,9)40-34-23-15-13-19-31(34)27-29-36(40)46(38)11-2/h12-29H,10-11H2,1-9H3. The van der Waals surface area contributed by atoms with E-state index in [1.54, 1.807) is 20.8 Å². The number of carbonyl (C=O) groups is 1. The van der Waals surface area contributed by atoms with Gasteiger partial charge in [-0.3, -0.25) is 5.04 Å². The minimum absolute atomic E-state index is 0.299. The maximum absolute atomic E-state index is 13.6. The lowest BCUT2D eigenvalue weighted by atomic mass is 9.79. The fourth-order valence-corrected chi connectivity index (χ4v) is 8.34. The van der Waals surface area contributed by atoms with Crippen molar-refractivity contribution in [1.29, 1.82) is 0 Å². The van der Waals surface area contributed by atoms with Crippen LogP contribution in [0.4, 0.5) is 16.2 Å². The molecule has 2 heterocycles. The summed E-state index contributed by atoms with van der Waals surface area (Å²) in [6.07, 6.45) is 11.0. The molecule has 6 rings (SSSR count). The Labute approximate surface area is 317 Å². The number of carbonyl (C=O) groups excluding carboxylic acids is 1. The summed E-state index contributed by atoms with van der Waals surface area (Å²) >= 11 is 0.458. The summed E-state index contributed by atoms with van der Waals surface area (Å²) in [5.74, 6) is 0. The van der Waals surface area contributed by atoms with Crippen molar-refractivity contribution in [2.24, 2.45) is 0 Å². The van der Waals surface area contributed by atoms with E-state index in [1.165, 1.54) is 48.4 Å². The number of amides is 1. The van der Waals surface area contributed by atoms with Gasteiger partial charge in [0.1, 0.15) is 12.1 Å². The molecule has 2 aliphatic rings. The molecule has 4 aromatic carbocycles. The van der Waals surface area contributed by atoms with Gasteiger partial charge in [-0.15, -0.1) is 4.33 Å². The molecule has 2 aliphatic heterocycles. The van der Waals surface area contributed by atoms with Crippen LogP contribution in [0.15, 0.2) is 121 Å². The number of allylic oxidation sites excluding steroid dienone is 7. The Morgan fingerprint density at radius 3 is 2.15 bits per heavy atom. The van der Waals surface area contributed by atoms with Gasteiger partial charge in [-0.05, 0) is 106 Å². The maximum atomic E-state index is 13.6. The molecule has 1 amide bonds. The molecule has 276 valence electrons. The molecule has 0 spiro atoms. The van der Waals surface area contributed by atoms with Crippen LogP contribution in [0.3, 0.4) is 0 Å². The quantitative estimate of drug-likeness (QED) is 0.0401. The molecule has 0 saturated carbocycles. The van der Waals surface area contributed by atoms with Crippen LogP contribution in [0.25, 0.3) is 21.5 Å². The lowest BCUT2D eigenvalue weighted by molar-refractivity contribution is -0.777. The van der Waals surface area contributed by atoms with Crippen LogP contribution in [0, 0.1) is 0 Å². The minimum atomic E-state index is -0.801. The predicted octanol–water partition coefficient (Wildman–Crippen LogP) is 10.1. The summed E-state index contributed by atoms with van der Waals surface area (Å²) < 4.78 is 14.0. The van der Waals surface area contributed by atoms with Crippen LogP contribution < -0.4 is 10.2 Å². The normalized spacial score (nSPS) is 17.5. The number of benzene rings is 4. The highest BCUT2D eigenvalue weighted by atomic mass is 32.2. The lowest BCUT2D eigenvalue weighted by Crippen LogP contribution is -2.32. The summed E-state index contributed by atoms with van der Waals surface area (Å²) in [5.41, 5.74) is 6.21. The molecule has 0 aromatic heterocycles. The van der Waals surface area contributed by atoms with Gasteiger partial charge in [-0.25, -0.2) is 4.79 Å². The summed E-state index contributed by atoms with van der Waals surface area (Å²) in [5, 5.41) is 19.6. The van der Waals surface area contributed by atoms with E-state index >= 15 is 0 Å². The van der Waals surface area contributed by atoms with E-state index in [0.717, 1.165) is 24.5 Å². The number of anilines is 1. The van der Waals surface area contributed by atoms with Crippen LogP contribution in [0.2, 0.25) is 0 Å². The second-order valence-electron chi connectivity index (χ2n) is 15.3. The van der Waals surface area contributed by atoms with E-state index in [2.05, 4.69) is 141 Å². The van der Waals surface area contributed by atoms with Crippen molar-refractivity contribution in [2.75, 3.05) is 18.0 Å². The van der Waals surface area contributed by atoms with Gasteiger partial charge in [-0.1, -0.05) is 80.6 Å². The first-order valence-electron chi connectivity index (χ1n) is 18.1. The fourth-order valence-electron chi connectivity index (χ4n) is 7.94. The van der Waals surface area contributed by atoms with Crippen molar-refractivity contribution < 1.29 is 28.7 Å². The highest BCUT2D eigenvalue weighted by molar-refractivity contribution is 7.92. The van der Waals surface area contributed by atoms with Gasteiger partial charge in [0.2, 0.25) is 5.69 Å². The monoisotopic (exact) mass is 731 g/mol. The zero-order valence-corrected chi connectivity index (χ0v) is 32.9. The molecular weight excluding hydrogens is 683 g/mol. The third-order valence-corrected chi connectivity index (χ3v) is 10.7. The summed E-state index contributed by atoms with van der Waals surface area (Å²) in [4.78, 5) is 15.9. The molecule has 4 aromatic rings. The zero-order valence-electron chi connectivity index (χ0n) is 32.1. The first-order chi connectivity index (χ1) is 25.2. The van der Waals surface area contributed by atoms with Gasteiger partial charge < -0.3 is 14.9 Å². The topological polar surface area (TPSA) is 77.3 Å². The lowest BCUT2D eigenvalue weighted by Gasteiger charge is -2.27. The van der Waals surface area contributed by atoms with Gasteiger partial charge in [0.05, 0.1) is 11.1 Å². The van der Waals surface area contributed by atoms with Crippen LogP contribution in [0.5, 0.6) is 0 Å². The predicted molar refractivity (Wildman–Crippen MR) is 215 cm³/mol. The Morgan fingerprint density at radius 2 is 1.53 bits per heavy atom. The summed E-state index contributed by atoms with van der Waals surface area (Å²) in [6.45, 7) is 20.2. The first kappa shape index (κ1) is 38.1. The third kappa shape index (κ3) is 7.19. The van der Waals surface area contributed by atoms with Crippen LogP contribution >= 0.6 is 12.2 Å². The van der Waals surface area contributed by atoms with Gasteiger partial charge in [-0.2, -0.15) is 8.88 Å². The average Bonchev–Trinajstić information content (AvgIpc) is 3.48. The Morgan fingerprint density at radius 1 is 0.887 bits per heavy atom. The molecule has 0 aliphatic carbocycles.